The van der Waals surface area contributed by atoms with E-state index in [2.05, 4.69) is 58.7 Å². The molecule has 0 aliphatic carbocycles. The molecule has 7 heteroatoms. The first-order chi connectivity index (χ1) is 14.7. The van der Waals surface area contributed by atoms with Crippen molar-refractivity contribution in [2.75, 3.05) is 53.0 Å². The van der Waals surface area contributed by atoms with E-state index >= 15 is 0 Å². The molecule has 1 aromatic carbocycles. The summed E-state index contributed by atoms with van der Waals surface area (Å²) in [5.74, 6) is 1.84. The average Bonchev–Trinajstić information content (AvgIpc) is 3.26. The lowest BCUT2D eigenvalue weighted by atomic mass is 10.1. The van der Waals surface area contributed by atoms with E-state index in [1.807, 2.05) is 12.1 Å². The fourth-order valence-corrected chi connectivity index (χ4v) is 3.54. The fourth-order valence-electron chi connectivity index (χ4n) is 3.54. The van der Waals surface area contributed by atoms with Crippen LogP contribution in [0.2, 0.25) is 0 Å². The molecule has 7 nitrogen and oxygen atoms in total. The number of furan rings is 1. The van der Waals surface area contributed by atoms with Crippen molar-refractivity contribution in [3.63, 3.8) is 0 Å². The second kappa shape index (κ2) is 12.4. The van der Waals surface area contributed by atoms with Crippen molar-refractivity contribution in [3.05, 3.63) is 59.5 Å². The molecule has 1 aliphatic heterocycles. The first-order valence-electron chi connectivity index (χ1n) is 10.8. The molecule has 0 saturated carbocycles. The lowest BCUT2D eigenvalue weighted by Gasteiger charge is -2.26. The van der Waals surface area contributed by atoms with Crippen LogP contribution in [-0.2, 0) is 24.4 Å². The van der Waals surface area contributed by atoms with E-state index in [1.165, 1.54) is 11.1 Å². The molecule has 1 saturated heterocycles. The van der Waals surface area contributed by atoms with Crippen molar-refractivity contribution in [1.82, 2.24) is 20.4 Å². The molecule has 0 unspecified atom stereocenters. The molecule has 0 atom stereocenters. The van der Waals surface area contributed by atoms with Crippen molar-refractivity contribution in [2.24, 2.45) is 4.99 Å². The number of hydrogen-bond acceptors (Lipinski definition) is 5. The maximum absolute atomic E-state index is 5.47. The SMILES string of the molecule is CCNC(=NCc1ccccc1CN(C)Cc1ccco1)NCCN1CCOCC1. The quantitative estimate of drug-likeness (QED) is 0.460. The van der Waals surface area contributed by atoms with Gasteiger partial charge < -0.3 is 19.8 Å². The normalized spacial score (nSPS) is 15.5. The van der Waals surface area contributed by atoms with E-state index in [1.54, 1.807) is 6.26 Å². The zero-order chi connectivity index (χ0) is 21.0. The van der Waals surface area contributed by atoms with Crippen LogP contribution in [0.3, 0.4) is 0 Å². The van der Waals surface area contributed by atoms with Crippen LogP contribution in [0.1, 0.15) is 23.8 Å². The molecule has 0 spiro atoms. The number of nitrogens with zero attached hydrogens (tertiary/aromatic N) is 3. The van der Waals surface area contributed by atoms with Crippen molar-refractivity contribution in [2.45, 2.75) is 26.6 Å². The van der Waals surface area contributed by atoms with Gasteiger partial charge in [0.15, 0.2) is 5.96 Å². The Bertz CT molecular complexity index is 757. The van der Waals surface area contributed by atoms with Gasteiger partial charge in [-0.25, -0.2) is 4.99 Å². The molecular formula is C23H35N5O2. The Labute approximate surface area is 180 Å². The smallest absolute Gasteiger partial charge is 0.191 e. The van der Waals surface area contributed by atoms with Gasteiger partial charge in [-0.2, -0.15) is 0 Å². The monoisotopic (exact) mass is 413 g/mol. The summed E-state index contributed by atoms with van der Waals surface area (Å²) in [6, 6.07) is 12.5. The van der Waals surface area contributed by atoms with Gasteiger partial charge in [-0.15, -0.1) is 0 Å². The van der Waals surface area contributed by atoms with Gasteiger partial charge in [0.2, 0.25) is 0 Å². The van der Waals surface area contributed by atoms with Crippen LogP contribution < -0.4 is 10.6 Å². The van der Waals surface area contributed by atoms with E-state index < -0.39 is 0 Å². The molecule has 3 rings (SSSR count). The van der Waals surface area contributed by atoms with Crippen molar-refractivity contribution in [3.8, 4) is 0 Å². The van der Waals surface area contributed by atoms with Crippen LogP contribution in [0.5, 0.6) is 0 Å². The summed E-state index contributed by atoms with van der Waals surface area (Å²) in [6.07, 6.45) is 1.72. The van der Waals surface area contributed by atoms with Gasteiger partial charge in [0.25, 0.3) is 0 Å². The van der Waals surface area contributed by atoms with Crippen LogP contribution in [0.25, 0.3) is 0 Å². The molecule has 1 aromatic heterocycles. The van der Waals surface area contributed by atoms with Crippen LogP contribution >= 0.6 is 0 Å². The van der Waals surface area contributed by atoms with Crippen molar-refractivity contribution < 1.29 is 9.15 Å². The highest BCUT2D eigenvalue weighted by Crippen LogP contribution is 2.14. The summed E-state index contributed by atoms with van der Waals surface area (Å²) in [4.78, 5) is 9.50. The summed E-state index contributed by atoms with van der Waals surface area (Å²) in [5.41, 5.74) is 2.54. The summed E-state index contributed by atoms with van der Waals surface area (Å²) < 4.78 is 10.9. The van der Waals surface area contributed by atoms with E-state index in [4.69, 9.17) is 14.1 Å². The molecule has 2 N–H and O–H groups in total. The first kappa shape index (κ1) is 22.3. The van der Waals surface area contributed by atoms with Gasteiger partial charge in [0, 0.05) is 39.3 Å². The molecule has 30 heavy (non-hydrogen) atoms. The predicted molar refractivity (Wildman–Crippen MR) is 120 cm³/mol. The van der Waals surface area contributed by atoms with Crippen LogP contribution in [0.15, 0.2) is 52.1 Å². The van der Waals surface area contributed by atoms with E-state index in [9.17, 15) is 0 Å². The van der Waals surface area contributed by atoms with Gasteiger partial charge in [-0.3, -0.25) is 9.80 Å². The average molecular weight is 414 g/mol. The Hall–Kier alpha value is -2.35. The lowest BCUT2D eigenvalue weighted by molar-refractivity contribution is 0.0389. The van der Waals surface area contributed by atoms with E-state index in [0.29, 0.717) is 6.54 Å². The molecule has 2 aromatic rings. The second-order valence-corrected chi connectivity index (χ2v) is 7.60. The minimum Gasteiger partial charge on any atom is -0.468 e. The maximum atomic E-state index is 5.47. The first-order valence-corrected chi connectivity index (χ1v) is 10.8. The van der Waals surface area contributed by atoms with Crippen molar-refractivity contribution in [1.29, 1.82) is 0 Å². The molecule has 164 valence electrons. The van der Waals surface area contributed by atoms with Crippen LogP contribution in [0, 0.1) is 0 Å². The molecular weight excluding hydrogens is 378 g/mol. The van der Waals surface area contributed by atoms with Gasteiger partial charge in [-0.05, 0) is 37.2 Å². The number of guanidine groups is 1. The molecule has 0 amide bonds. The molecule has 2 heterocycles. The topological polar surface area (TPSA) is 65.3 Å². The molecule has 1 fully saturated rings. The minimum atomic E-state index is 0.650. The molecule has 0 bridgehead atoms. The Balaban J connectivity index is 1.53. The van der Waals surface area contributed by atoms with Crippen LogP contribution in [0.4, 0.5) is 0 Å². The number of morpholine rings is 1. The molecule has 0 radical (unpaired) electrons. The Morgan fingerprint density at radius 1 is 1.07 bits per heavy atom. The van der Waals surface area contributed by atoms with Gasteiger partial charge in [0.05, 0.1) is 32.6 Å². The van der Waals surface area contributed by atoms with Gasteiger partial charge in [-0.1, -0.05) is 24.3 Å². The Morgan fingerprint density at radius 3 is 2.60 bits per heavy atom. The Morgan fingerprint density at radius 2 is 1.87 bits per heavy atom. The predicted octanol–water partition coefficient (Wildman–Crippen LogP) is 2.30. The number of rotatable bonds is 10. The van der Waals surface area contributed by atoms with Crippen LogP contribution in [-0.4, -0.2) is 68.7 Å². The minimum absolute atomic E-state index is 0.650. The number of nitrogens with one attached hydrogen (secondary N) is 2. The zero-order valence-corrected chi connectivity index (χ0v) is 18.3. The number of benzene rings is 1. The summed E-state index contributed by atoms with van der Waals surface area (Å²) in [7, 11) is 2.11. The highest BCUT2D eigenvalue weighted by Gasteiger charge is 2.10. The molecule has 1 aliphatic rings. The number of hydrogen-bond donors (Lipinski definition) is 2. The van der Waals surface area contributed by atoms with Gasteiger partial charge in [0.1, 0.15) is 5.76 Å². The van der Waals surface area contributed by atoms with E-state index in [0.717, 1.165) is 70.7 Å². The third-order valence-electron chi connectivity index (χ3n) is 5.14. The number of ether oxygens (including phenoxy) is 1. The summed E-state index contributed by atoms with van der Waals surface area (Å²) in [6.45, 7) is 10.8. The highest BCUT2D eigenvalue weighted by molar-refractivity contribution is 5.79. The largest absolute Gasteiger partial charge is 0.468 e. The zero-order valence-electron chi connectivity index (χ0n) is 18.3. The summed E-state index contributed by atoms with van der Waals surface area (Å²) >= 11 is 0. The van der Waals surface area contributed by atoms with Gasteiger partial charge >= 0.3 is 0 Å². The lowest BCUT2D eigenvalue weighted by Crippen LogP contribution is -2.44. The fraction of sp³-hybridized carbons (Fsp3) is 0.522. The standard InChI is InChI=1S/C23H35N5O2/c1-3-24-23(25-10-11-28-12-15-29-16-13-28)26-17-20-7-4-5-8-21(20)18-27(2)19-22-9-6-14-30-22/h4-9,14H,3,10-13,15-19H2,1-2H3,(H2,24,25,26). The summed E-state index contributed by atoms with van der Waals surface area (Å²) in [5, 5.41) is 6.82. The maximum Gasteiger partial charge on any atom is 0.191 e. The second-order valence-electron chi connectivity index (χ2n) is 7.60. The highest BCUT2D eigenvalue weighted by atomic mass is 16.5. The third-order valence-corrected chi connectivity index (χ3v) is 5.14. The number of aliphatic imine (C=N–C) groups is 1. The Kier molecular flexibility index (Phi) is 9.21. The van der Waals surface area contributed by atoms with Crippen molar-refractivity contribution >= 4 is 5.96 Å². The third kappa shape index (κ3) is 7.48. The van der Waals surface area contributed by atoms with E-state index in [-0.39, 0.29) is 0 Å².